The Morgan fingerprint density at radius 2 is 2.33 bits per heavy atom. The molecule has 0 amide bonds. The van der Waals surface area contributed by atoms with Crippen LogP contribution in [0.15, 0.2) is 0 Å². The fraction of sp³-hybridized carbons (Fsp3) is 0.800. The van der Waals surface area contributed by atoms with E-state index in [0.717, 1.165) is 6.04 Å². The average molecular weight is 84.1 g/mol. The van der Waals surface area contributed by atoms with Crippen LogP contribution in [-0.2, 0) is 0 Å². The van der Waals surface area contributed by atoms with E-state index in [-0.39, 0.29) is 0 Å². The molecule has 0 aromatic heterocycles. The molecule has 0 bridgehead atoms. The lowest BCUT2D eigenvalue weighted by Crippen LogP contribution is -2.70. The summed E-state index contributed by atoms with van der Waals surface area (Å²) in [6.45, 7) is 2.03. The highest BCUT2D eigenvalue weighted by atomic mass is 14.8. The molecular weight excluding hydrogens is 74.1 g/mol. The van der Waals surface area contributed by atoms with Crippen LogP contribution in [0.1, 0.15) is 19.8 Å². The highest BCUT2D eigenvalue weighted by Gasteiger charge is 2.24. The SMILES string of the molecule is CC=[NH+]C1CC1. The molecule has 1 fully saturated rings. The topological polar surface area (TPSA) is 14.0 Å². The van der Waals surface area contributed by atoms with Gasteiger partial charge in [0.1, 0.15) is 6.21 Å². The van der Waals surface area contributed by atoms with Crippen LogP contribution in [0, 0.1) is 0 Å². The second-order valence-corrected chi connectivity index (χ2v) is 1.73. The van der Waals surface area contributed by atoms with Crippen molar-refractivity contribution >= 4 is 6.21 Å². The molecule has 1 saturated carbocycles. The van der Waals surface area contributed by atoms with E-state index in [1.807, 2.05) is 13.1 Å². The van der Waals surface area contributed by atoms with Gasteiger partial charge in [0.2, 0.25) is 0 Å². The van der Waals surface area contributed by atoms with Gasteiger partial charge in [-0.3, -0.25) is 0 Å². The largest absolute Gasteiger partial charge is 0.249 e. The van der Waals surface area contributed by atoms with E-state index in [0.29, 0.717) is 0 Å². The van der Waals surface area contributed by atoms with Gasteiger partial charge in [-0.15, -0.1) is 0 Å². The van der Waals surface area contributed by atoms with Crippen molar-refractivity contribution in [3.8, 4) is 0 Å². The van der Waals surface area contributed by atoms with Crippen molar-refractivity contribution in [2.45, 2.75) is 25.8 Å². The molecule has 0 spiro atoms. The first kappa shape index (κ1) is 3.85. The standard InChI is InChI=1S/C5H9N/c1-2-6-5-3-4-5/h2,5H,3-4H2,1H3/p+1. The first-order chi connectivity index (χ1) is 2.93. The van der Waals surface area contributed by atoms with Gasteiger partial charge >= 0.3 is 0 Å². The Morgan fingerprint density at radius 3 is 2.50 bits per heavy atom. The van der Waals surface area contributed by atoms with Gasteiger partial charge in [0.15, 0.2) is 6.04 Å². The Morgan fingerprint density at radius 1 is 1.67 bits per heavy atom. The molecular formula is C5H10N+. The molecule has 0 heterocycles. The van der Waals surface area contributed by atoms with Crippen LogP contribution in [0.2, 0.25) is 0 Å². The lowest BCUT2D eigenvalue weighted by atomic mass is 10.7. The van der Waals surface area contributed by atoms with Crippen LogP contribution >= 0.6 is 0 Å². The number of rotatable bonds is 1. The monoisotopic (exact) mass is 84.1 g/mol. The zero-order valence-corrected chi connectivity index (χ0v) is 4.07. The van der Waals surface area contributed by atoms with E-state index in [1.54, 1.807) is 0 Å². The van der Waals surface area contributed by atoms with E-state index in [1.165, 1.54) is 12.8 Å². The van der Waals surface area contributed by atoms with Crippen molar-refractivity contribution < 1.29 is 4.99 Å². The second kappa shape index (κ2) is 1.41. The molecule has 6 heavy (non-hydrogen) atoms. The fourth-order valence-corrected chi connectivity index (χ4v) is 0.486. The third-order valence-electron chi connectivity index (χ3n) is 0.980. The molecule has 0 aromatic rings. The van der Waals surface area contributed by atoms with Crippen LogP contribution in [0.3, 0.4) is 0 Å². The molecule has 1 rings (SSSR count). The van der Waals surface area contributed by atoms with Gasteiger partial charge < -0.3 is 0 Å². The van der Waals surface area contributed by atoms with Gasteiger partial charge in [0.05, 0.1) is 0 Å². The van der Waals surface area contributed by atoms with Crippen molar-refractivity contribution in [2.75, 3.05) is 0 Å². The summed E-state index contributed by atoms with van der Waals surface area (Å²) in [6, 6.07) is 0.843. The molecule has 34 valence electrons. The van der Waals surface area contributed by atoms with Crippen molar-refractivity contribution in [3.63, 3.8) is 0 Å². The maximum atomic E-state index is 3.19. The smallest absolute Gasteiger partial charge is 0.150 e. The van der Waals surface area contributed by atoms with Gasteiger partial charge in [0, 0.05) is 19.8 Å². The van der Waals surface area contributed by atoms with E-state index in [2.05, 4.69) is 4.99 Å². The molecule has 1 aliphatic carbocycles. The quantitative estimate of drug-likeness (QED) is 0.405. The van der Waals surface area contributed by atoms with Gasteiger partial charge in [0.25, 0.3) is 0 Å². The molecule has 0 unspecified atom stereocenters. The normalized spacial score (nSPS) is 22.8. The predicted octanol–water partition coefficient (Wildman–Crippen LogP) is -0.680. The van der Waals surface area contributed by atoms with Crippen molar-refractivity contribution in [1.82, 2.24) is 0 Å². The van der Waals surface area contributed by atoms with Crippen LogP contribution < -0.4 is 4.99 Å². The van der Waals surface area contributed by atoms with E-state index < -0.39 is 0 Å². The summed E-state index contributed by atoms with van der Waals surface area (Å²) in [7, 11) is 0. The summed E-state index contributed by atoms with van der Waals surface area (Å²) in [5, 5.41) is 0. The average Bonchev–Trinajstić information content (AvgIpc) is 2.21. The third-order valence-corrected chi connectivity index (χ3v) is 0.980. The molecule has 1 nitrogen and oxygen atoms in total. The van der Waals surface area contributed by atoms with Gasteiger partial charge in [-0.2, -0.15) is 0 Å². The predicted molar refractivity (Wildman–Crippen MR) is 25.7 cm³/mol. The Kier molecular flexibility index (Phi) is 0.906. The van der Waals surface area contributed by atoms with E-state index in [9.17, 15) is 0 Å². The highest BCUT2D eigenvalue weighted by Crippen LogP contribution is 2.12. The number of hydrogen-bond donors (Lipinski definition) is 1. The Balaban J connectivity index is 2.15. The van der Waals surface area contributed by atoms with Crippen LogP contribution in [0.25, 0.3) is 0 Å². The molecule has 1 N–H and O–H groups in total. The van der Waals surface area contributed by atoms with Crippen molar-refractivity contribution in [3.05, 3.63) is 0 Å². The Hall–Kier alpha value is -0.330. The van der Waals surface area contributed by atoms with Gasteiger partial charge in [-0.1, -0.05) is 0 Å². The van der Waals surface area contributed by atoms with Crippen molar-refractivity contribution in [1.29, 1.82) is 0 Å². The summed E-state index contributed by atoms with van der Waals surface area (Å²) >= 11 is 0. The van der Waals surface area contributed by atoms with Crippen LogP contribution in [-0.4, -0.2) is 12.3 Å². The van der Waals surface area contributed by atoms with Crippen LogP contribution in [0.4, 0.5) is 0 Å². The first-order valence-corrected chi connectivity index (χ1v) is 2.47. The van der Waals surface area contributed by atoms with Crippen molar-refractivity contribution in [2.24, 2.45) is 0 Å². The lowest BCUT2D eigenvalue weighted by Gasteiger charge is -1.64. The maximum Gasteiger partial charge on any atom is 0.150 e. The summed E-state index contributed by atoms with van der Waals surface area (Å²) in [6.07, 6.45) is 4.77. The zero-order valence-electron chi connectivity index (χ0n) is 4.07. The van der Waals surface area contributed by atoms with Crippen LogP contribution in [0.5, 0.6) is 0 Å². The molecule has 0 aromatic carbocycles. The van der Waals surface area contributed by atoms with Gasteiger partial charge in [-0.25, -0.2) is 4.99 Å². The fourth-order valence-electron chi connectivity index (χ4n) is 0.486. The summed E-state index contributed by atoms with van der Waals surface area (Å²) in [5.74, 6) is 0. The zero-order chi connectivity index (χ0) is 4.41. The van der Waals surface area contributed by atoms with E-state index >= 15 is 0 Å². The molecule has 1 aliphatic rings. The van der Waals surface area contributed by atoms with Gasteiger partial charge in [-0.05, 0) is 0 Å². The minimum absolute atomic E-state index is 0.843. The highest BCUT2D eigenvalue weighted by molar-refractivity contribution is 5.45. The Bertz CT molecular complexity index is 62.3. The minimum atomic E-state index is 0.843. The molecule has 0 aliphatic heterocycles. The molecule has 1 heteroatoms. The molecule has 0 radical (unpaired) electrons. The minimum Gasteiger partial charge on any atom is -0.249 e. The summed E-state index contributed by atoms with van der Waals surface area (Å²) < 4.78 is 0. The first-order valence-electron chi connectivity index (χ1n) is 2.47. The number of hydrogen-bond acceptors (Lipinski definition) is 0. The summed E-state index contributed by atoms with van der Waals surface area (Å²) in [5.41, 5.74) is 0. The summed E-state index contributed by atoms with van der Waals surface area (Å²) in [4.78, 5) is 3.19. The maximum absolute atomic E-state index is 3.19. The molecule has 0 atom stereocenters. The Labute approximate surface area is 38.1 Å². The van der Waals surface area contributed by atoms with E-state index in [4.69, 9.17) is 0 Å². The number of nitrogens with one attached hydrogen (secondary N) is 1. The lowest BCUT2D eigenvalue weighted by molar-refractivity contribution is -0.468. The second-order valence-electron chi connectivity index (χ2n) is 1.73. The molecule has 0 saturated heterocycles. The third kappa shape index (κ3) is 0.814.